The van der Waals surface area contributed by atoms with E-state index in [2.05, 4.69) is 38.3 Å². The minimum Gasteiger partial charge on any atom is -0.396 e. The van der Waals surface area contributed by atoms with Gasteiger partial charge in [-0.1, -0.05) is 26.7 Å². The average molecular weight is 423 g/mol. The van der Waals surface area contributed by atoms with Crippen LogP contribution in [-0.2, 0) is 8.85 Å². The van der Waals surface area contributed by atoms with Gasteiger partial charge in [-0.25, -0.2) is 0 Å². The van der Waals surface area contributed by atoms with Crippen molar-refractivity contribution in [1.29, 1.82) is 0 Å². The molecule has 0 spiro atoms. The van der Waals surface area contributed by atoms with Gasteiger partial charge in [0.05, 0.1) is 11.3 Å². The quantitative estimate of drug-likeness (QED) is 0.659. The smallest absolute Gasteiger partial charge is 0.373 e. The maximum atomic E-state index is 6.61. The molecule has 29 heavy (non-hydrogen) atoms. The Hall–Kier alpha value is 0.0569. The van der Waals surface area contributed by atoms with Gasteiger partial charge in [-0.2, -0.15) is 0 Å². The highest BCUT2D eigenvalue weighted by Crippen LogP contribution is 2.48. The Morgan fingerprint density at radius 2 is 1.03 bits per heavy atom. The van der Waals surface area contributed by atoms with Gasteiger partial charge in [-0.3, -0.25) is 0 Å². The summed E-state index contributed by atoms with van der Waals surface area (Å²) in [6.07, 6.45) is 10.8. The van der Waals surface area contributed by atoms with Gasteiger partial charge in [-0.05, 0) is 87.9 Å². The molecule has 4 rings (SSSR count). The van der Waals surface area contributed by atoms with Crippen molar-refractivity contribution in [3.8, 4) is 0 Å². The molecule has 2 aliphatic carbocycles. The molecule has 0 radical (unpaired) electrons. The van der Waals surface area contributed by atoms with Gasteiger partial charge in [0.2, 0.25) is 0 Å². The summed E-state index contributed by atoms with van der Waals surface area (Å²) in [6.45, 7) is 9.67. The molecule has 10 atom stereocenters. The summed E-state index contributed by atoms with van der Waals surface area (Å²) in [6, 6.07) is 1.12. The minimum atomic E-state index is -2.51. The van der Waals surface area contributed by atoms with Gasteiger partial charge < -0.3 is 19.5 Å². The maximum absolute atomic E-state index is 6.61. The number of piperidine rings is 2. The van der Waals surface area contributed by atoms with Crippen LogP contribution < -0.4 is 10.6 Å². The van der Waals surface area contributed by atoms with Gasteiger partial charge in [0.25, 0.3) is 0 Å². The summed E-state index contributed by atoms with van der Waals surface area (Å²) in [4.78, 5) is 0. The van der Waals surface area contributed by atoms with Crippen LogP contribution in [0.15, 0.2) is 0 Å². The molecular weight excluding hydrogens is 376 g/mol. The lowest BCUT2D eigenvalue weighted by molar-refractivity contribution is 0.0521. The number of hydrogen-bond acceptors (Lipinski definition) is 4. The van der Waals surface area contributed by atoms with Crippen LogP contribution in [0.4, 0.5) is 0 Å². The van der Waals surface area contributed by atoms with Gasteiger partial charge in [0.1, 0.15) is 0 Å². The van der Waals surface area contributed by atoms with Crippen molar-refractivity contribution in [3.63, 3.8) is 0 Å². The van der Waals surface area contributed by atoms with Gasteiger partial charge in [-0.15, -0.1) is 0 Å². The van der Waals surface area contributed by atoms with E-state index >= 15 is 0 Å². The van der Waals surface area contributed by atoms with Crippen molar-refractivity contribution < 1.29 is 8.85 Å². The van der Waals surface area contributed by atoms with Crippen molar-refractivity contribution in [3.05, 3.63) is 0 Å². The molecule has 4 nitrogen and oxygen atoms in total. The highest BCUT2D eigenvalue weighted by molar-refractivity contribution is 6.71. The first-order chi connectivity index (χ1) is 13.9. The predicted molar refractivity (Wildman–Crippen MR) is 122 cm³/mol. The Kier molecular flexibility index (Phi) is 6.83. The van der Waals surface area contributed by atoms with E-state index in [0.717, 1.165) is 23.7 Å². The molecule has 4 aliphatic rings. The Bertz CT molecular complexity index is 509. The molecule has 5 heteroatoms. The summed E-state index contributed by atoms with van der Waals surface area (Å²) in [5, 5.41) is 8.12. The van der Waals surface area contributed by atoms with Crippen LogP contribution in [0.5, 0.6) is 0 Å². The molecule has 0 aromatic carbocycles. The van der Waals surface area contributed by atoms with Crippen LogP contribution in [-0.4, -0.2) is 46.2 Å². The summed E-state index contributed by atoms with van der Waals surface area (Å²) in [5.74, 6) is 4.85. The average Bonchev–Trinajstić information content (AvgIpc) is 2.68. The highest BCUT2D eigenvalue weighted by Gasteiger charge is 2.61. The van der Waals surface area contributed by atoms with Crippen LogP contribution in [0, 0.1) is 35.5 Å². The Balaban J connectivity index is 1.67. The largest absolute Gasteiger partial charge is 0.396 e. The van der Waals surface area contributed by atoms with Crippen LogP contribution in [0.1, 0.15) is 79.1 Å². The van der Waals surface area contributed by atoms with Gasteiger partial charge in [0, 0.05) is 26.3 Å². The fourth-order valence-corrected chi connectivity index (χ4v) is 12.7. The number of rotatable bonds is 4. The standard InChI is InChI=1S/C24H46N2O2Si/c1-15-7-9-21-19(11-15)13-17(3)25-23(21)29(27-5,28-6)24-22-10-8-16(2)12-20(22)14-18(4)26-24/h15-26H,7-14H2,1-6H3. The first kappa shape index (κ1) is 22.3. The van der Waals surface area contributed by atoms with E-state index in [4.69, 9.17) is 8.85 Å². The van der Waals surface area contributed by atoms with Crippen LogP contribution >= 0.6 is 0 Å². The molecule has 2 aliphatic heterocycles. The van der Waals surface area contributed by atoms with E-state index in [-0.39, 0.29) is 0 Å². The van der Waals surface area contributed by atoms with Crippen molar-refractivity contribution in [2.45, 2.75) is 102 Å². The molecule has 2 saturated heterocycles. The fraction of sp³-hybridized carbons (Fsp3) is 1.00. The Morgan fingerprint density at radius 3 is 1.41 bits per heavy atom. The Labute approximate surface area is 180 Å². The number of nitrogens with one attached hydrogen (secondary N) is 2. The zero-order chi connectivity index (χ0) is 20.8. The van der Waals surface area contributed by atoms with Crippen molar-refractivity contribution >= 4 is 8.56 Å². The zero-order valence-electron chi connectivity index (χ0n) is 19.7. The number of hydrogen-bond donors (Lipinski definition) is 2. The van der Waals surface area contributed by atoms with E-state index in [9.17, 15) is 0 Å². The predicted octanol–water partition coefficient (Wildman–Crippen LogP) is 4.41. The number of fused-ring (bicyclic) bond motifs is 2. The van der Waals surface area contributed by atoms with E-state index in [1.54, 1.807) is 0 Å². The van der Waals surface area contributed by atoms with Crippen molar-refractivity contribution in [1.82, 2.24) is 10.6 Å². The van der Waals surface area contributed by atoms with E-state index in [0.29, 0.717) is 35.2 Å². The second kappa shape index (κ2) is 8.89. The zero-order valence-corrected chi connectivity index (χ0v) is 20.7. The first-order valence-electron chi connectivity index (χ1n) is 12.5. The van der Waals surface area contributed by atoms with Crippen LogP contribution in [0.3, 0.4) is 0 Å². The molecule has 10 unspecified atom stereocenters. The lowest BCUT2D eigenvalue weighted by atomic mass is 9.70. The molecule has 2 heterocycles. The molecule has 0 amide bonds. The summed E-state index contributed by atoms with van der Waals surface area (Å²) in [5.41, 5.74) is 0.808. The van der Waals surface area contributed by atoms with Crippen molar-refractivity contribution in [2.75, 3.05) is 14.2 Å². The molecule has 0 aromatic heterocycles. The SMILES string of the molecule is CO[Si](OC)(C1NC(C)CC2CC(C)CCC21)C1NC(C)CC2CC(C)CCC21. The molecular formula is C24H46N2O2Si. The second-order valence-electron chi connectivity index (χ2n) is 11.4. The third-order valence-corrected chi connectivity index (χ3v) is 13.4. The van der Waals surface area contributed by atoms with Crippen LogP contribution in [0.2, 0.25) is 0 Å². The van der Waals surface area contributed by atoms with Crippen molar-refractivity contribution in [2.24, 2.45) is 35.5 Å². The summed E-state index contributed by atoms with van der Waals surface area (Å²) < 4.78 is 13.2. The van der Waals surface area contributed by atoms with Crippen LogP contribution in [0.25, 0.3) is 0 Å². The topological polar surface area (TPSA) is 42.5 Å². The third-order valence-electron chi connectivity index (χ3n) is 9.21. The Morgan fingerprint density at radius 1 is 0.621 bits per heavy atom. The molecule has 2 N–H and O–H groups in total. The molecule has 2 saturated carbocycles. The third kappa shape index (κ3) is 4.11. The molecule has 0 bridgehead atoms. The summed E-state index contributed by atoms with van der Waals surface area (Å²) in [7, 11) is 1.41. The van der Waals surface area contributed by atoms with Gasteiger partial charge in [0.15, 0.2) is 0 Å². The molecule has 0 aromatic rings. The lowest BCUT2D eigenvalue weighted by Crippen LogP contribution is -2.78. The normalized spacial score (nSPS) is 48.6. The lowest BCUT2D eigenvalue weighted by Gasteiger charge is -2.57. The first-order valence-corrected chi connectivity index (χ1v) is 14.5. The second-order valence-corrected chi connectivity index (χ2v) is 14.9. The molecule has 4 fully saturated rings. The maximum Gasteiger partial charge on any atom is 0.373 e. The minimum absolute atomic E-state index is 0.404. The summed E-state index contributed by atoms with van der Waals surface area (Å²) >= 11 is 0. The van der Waals surface area contributed by atoms with E-state index < -0.39 is 8.56 Å². The highest BCUT2D eigenvalue weighted by atomic mass is 28.4. The van der Waals surface area contributed by atoms with E-state index in [1.165, 1.54) is 51.4 Å². The van der Waals surface area contributed by atoms with Gasteiger partial charge >= 0.3 is 8.56 Å². The molecule has 168 valence electrons. The fourth-order valence-electron chi connectivity index (χ4n) is 7.98. The van der Waals surface area contributed by atoms with E-state index in [1.807, 2.05) is 14.2 Å². The monoisotopic (exact) mass is 422 g/mol.